The van der Waals surface area contributed by atoms with Crippen molar-refractivity contribution in [1.29, 1.82) is 0 Å². The molecule has 0 aliphatic carbocycles. The van der Waals surface area contributed by atoms with Crippen LogP contribution >= 0.6 is 0 Å². The van der Waals surface area contributed by atoms with Crippen molar-refractivity contribution in [3.05, 3.63) is 35.6 Å². The molecule has 1 rings (SSSR count). The number of halogens is 1. The molecule has 0 aromatic heterocycles. The molecule has 1 aromatic carbocycles. The summed E-state index contributed by atoms with van der Waals surface area (Å²) in [6.45, 7) is 2.73. The Morgan fingerprint density at radius 3 is 3.00 bits per heavy atom. The van der Waals surface area contributed by atoms with E-state index >= 15 is 0 Å². The molecule has 0 fully saturated rings. The van der Waals surface area contributed by atoms with Gasteiger partial charge in [0.05, 0.1) is 13.2 Å². The summed E-state index contributed by atoms with van der Waals surface area (Å²) < 4.78 is 17.5. The first-order valence-corrected chi connectivity index (χ1v) is 4.83. The Hall–Kier alpha value is -1.42. The molecule has 0 saturated carbocycles. The van der Waals surface area contributed by atoms with Crippen molar-refractivity contribution in [2.45, 2.75) is 13.5 Å². The molecule has 3 nitrogen and oxygen atoms in total. The minimum atomic E-state index is -0.297. The molecule has 82 valence electrons. The number of benzene rings is 1. The maximum absolute atomic E-state index is 12.8. The zero-order valence-corrected chi connectivity index (χ0v) is 8.63. The van der Waals surface area contributed by atoms with Gasteiger partial charge in [0.2, 0.25) is 0 Å². The van der Waals surface area contributed by atoms with Crippen LogP contribution in [0.1, 0.15) is 12.5 Å². The molecule has 4 heteroatoms. The van der Waals surface area contributed by atoms with Crippen LogP contribution in [0.3, 0.4) is 0 Å². The molecule has 0 atom stereocenters. The Kier molecular flexibility index (Phi) is 4.77. The molecule has 1 aromatic rings. The monoisotopic (exact) mass is 211 g/mol. The number of nitrogens with one attached hydrogen (secondary N) is 1. The van der Waals surface area contributed by atoms with Crippen LogP contribution in [-0.4, -0.2) is 19.1 Å². The largest absolute Gasteiger partial charge is 0.465 e. The lowest BCUT2D eigenvalue weighted by atomic mass is 10.2. The smallest absolute Gasteiger partial charge is 0.319 e. The van der Waals surface area contributed by atoms with Gasteiger partial charge in [-0.15, -0.1) is 0 Å². The molecule has 0 heterocycles. The first-order chi connectivity index (χ1) is 7.22. The summed E-state index contributed by atoms with van der Waals surface area (Å²) >= 11 is 0. The van der Waals surface area contributed by atoms with E-state index in [0.717, 1.165) is 5.56 Å². The molecule has 0 spiro atoms. The number of hydrogen-bond acceptors (Lipinski definition) is 3. The summed E-state index contributed by atoms with van der Waals surface area (Å²) in [6, 6.07) is 6.24. The van der Waals surface area contributed by atoms with Crippen molar-refractivity contribution in [1.82, 2.24) is 5.32 Å². The fraction of sp³-hybridized carbons (Fsp3) is 0.364. The average Bonchev–Trinajstić information content (AvgIpc) is 2.18. The van der Waals surface area contributed by atoms with Crippen LogP contribution in [0.15, 0.2) is 24.3 Å². The molecule has 0 aliphatic rings. The van der Waals surface area contributed by atoms with E-state index in [2.05, 4.69) is 5.32 Å². The van der Waals surface area contributed by atoms with Crippen LogP contribution in [0.25, 0.3) is 0 Å². The average molecular weight is 211 g/mol. The maximum atomic E-state index is 12.8. The Bertz CT molecular complexity index is 328. The van der Waals surface area contributed by atoms with Crippen molar-refractivity contribution in [2.24, 2.45) is 0 Å². The molecule has 0 aliphatic heterocycles. The minimum absolute atomic E-state index is 0.143. The highest BCUT2D eigenvalue weighted by atomic mass is 19.1. The van der Waals surface area contributed by atoms with E-state index < -0.39 is 0 Å². The van der Waals surface area contributed by atoms with Crippen LogP contribution in [0.5, 0.6) is 0 Å². The number of hydrogen-bond donors (Lipinski definition) is 1. The highest BCUT2D eigenvalue weighted by Crippen LogP contribution is 2.02. The Labute approximate surface area is 88.2 Å². The van der Waals surface area contributed by atoms with E-state index in [4.69, 9.17) is 4.74 Å². The third-order valence-electron chi connectivity index (χ3n) is 1.79. The molecular formula is C11H14FNO2. The SMILES string of the molecule is CCOC(=O)CNCc1cccc(F)c1. The van der Waals surface area contributed by atoms with Crippen LogP contribution < -0.4 is 5.32 Å². The number of carbonyl (C=O) groups excluding carboxylic acids is 1. The van der Waals surface area contributed by atoms with Gasteiger partial charge in [0.15, 0.2) is 0 Å². The fourth-order valence-corrected chi connectivity index (χ4v) is 1.17. The summed E-state index contributed by atoms with van der Waals surface area (Å²) in [5.74, 6) is -0.570. The number of ether oxygens (including phenoxy) is 1. The maximum Gasteiger partial charge on any atom is 0.319 e. The van der Waals surface area contributed by atoms with E-state index in [1.165, 1.54) is 12.1 Å². The molecular weight excluding hydrogens is 197 g/mol. The van der Waals surface area contributed by atoms with Gasteiger partial charge in [0.25, 0.3) is 0 Å². The standard InChI is InChI=1S/C11H14FNO2/c1-2-15-11(14)8-13-7-9-4-3-5-10(12)6-9/h3-6,13H,2,7-8H2,1H3. The van der Waals surface area contributed by atoms with E-state index in [0.29, 0.717) is 13.2 Å². The van der Waals surface area contributed by atoms with Crippen molar-refractivity contribution in [3.8, 4) is 0 Å². The topological polar surface area (TPSA) is 38.3 Å². The zero-order chi connectivity index (χ0) is 11.1. The number of esters is 1. The van der Waals surface area contributed by atoms with Crippen molar-refractivity contribution < 1.29 is 13.9 Å². The Balaban J connectivity index is 2.28. The quantitative estimate of drug-likeness (QED) is 0.750. The molecule has 0 bridgehead atoms. The van der Waals surface area contributed by atoms with Crippen molar-refractivity contribution >= 4 is 5.97 Å². The molecule has 1 N–H and O–H groups in total. The van der Waals surface area contributed by atoms with Gasteiger partial charge < -0.3 is 10.1 Å². The fourth-order valence-electron chi connectivity index (χ4n) is 1.17. The van der Waals surface area contributed by atoms with E-state index in [1.807, 2.05) is 0 Å². The van der Waals surface area contributed by atoms with Gasteiger partial charge in [-0.2, -0.15) is 0 Å². The first-order valence-electron chi connectivity index (χ1n) is 4.83. The first kappa shape index (κ1) is 11.7. The Morgan fingerprint density at radius 2 is 2.33 bits per heavy atom. The summed E-state index contributed by atoms with van der Waals surface area (Å²) in [7, 11) is 0. The lowest BCUT2D eigenvalue weighted by molar-refractivity contribution is -0.142. The normalized spacial score (nSPS) is 10.0. The molecule has 0 radical (unpaired) electrons. The predicted octanol–water partition coefficient (Wildman–Crippen LogP) is 1.48. The van der Waals surface area contributed by atoms with Gasteiger partial charge in [0, 0.05) is 6.54 Å². The van der Waals surface area contributed by atoms with Crippen LogP contribution in [0.4, 0.5) is 4.39 Å². The third-order valence-corrected chi connectivity index (χ3v) is 1.79. The van der Waals surface area contributed by atoms with Gasteiger partial charge in [0.1, 0.15) is 5.82 Å². The Morgan fingerprint density at radius 1 is 1.53 bits per heavy atom. The van der Waals surface area contributed by atoms with E-state index in [-0.39, 0.29) is 18.3 Å². The lowest BCUT2D eigenvalue weighted by Crippen LogP contribution is -2.24. The van der Waals surface area contributed by atoms with Crippen LogP contribution in [0, 0.1) is 5.82 Å². The van der Waals surface area contributed by atoms with E-state index in [1.54, 1.807) is 19.1 Å². The van der Waals surface area contributed by atoms with Gasteiger partial charge >= 0.3 is 5.97 Å². The second-order valence-electron chi connectivity index (χ2n) is 3.04. The predicted molar refractivity (Wildman–Crippen MR) is 54.7 cm³/mol. The summed E-state index contributed by atoms with van der Waals surface area (Å²) in [5.41, 5.74) is 0.805. The van der Waals surface area contributed by atoms with E-state index in [9.17, 15) is 9.18 Å². The number of carbonyl (C=O) groups is 1. The highest BCUT2D eigenvalue weighted by Gasteiger charge is 2.00. The van der Waals surface area contributed by atoms with Gasteiger partial charge in [-0.3, -0.25) is 4.79 Å². The van der Waals surface area contributed by atoms with Crippen molar-refractivity contribution in [3.63, 3.8) is 0 Å². The van der Waals surface area contributed by atoms with Gasteiger partial charge in [-0.25, -0.2) is 4.39 Å². The van der Waals surface area contributed by atoms with Gasteiger partial charge in [-0.1, -0.05) is 12.1 Å². The summed E-state index contributed by atoms with van der Waals surface area (Å²) in [6.07, 6.45) is 0. The van der Waals surface area contributed by atoms with Crippen molar-refractivity contribution in [2.75, 3.05) is 13.2 Å². The van der Waals surface area contributed by atoms with Crippen LogP contribution in [-0.2, 0) is 16.1 Å². The lowest BCUT2D eigenvalue weighted by Gasteiger charge is -2.04. The molecule has 0 amide bonds. The molecule has 15 heavy (non-hydrogen) atoms. The minimum Gasteiger partial charge on any atom is -0.465 e. The third kappa shape index (κ3) is 4.56. The summed E-state index contributed by atoms with van der Waals surface area (Å²) in [4.78, 5) is 10.9. The molecule has 0 saturated heterocycles. The molecule has 0 unspecified atom stereocenters. The van der Waals surface area contributed by atoms with Gasteiger partial charge in [-0.05, 0) is 24.6 Å². The van der Waals surface area contributed by atoms with Crippen LogP contribution in [0.2, 0.25) is 0 Å². The summed E-state index contributed by atoms with van der Waals surface area (Å²) in [5, 5.41) is 2.87. The second kappa shape index (κ2) is 6.14. The highest BCUT2D eigenvalue weighted by molar-refractivity contribution is 5.71. The number of rotatable bonds is 5. The zero-order valence-electron chi connectivity index (χ0n) is 8.63. The second-order valence-corrected chi connectivity index (χ2v) is 3.04.